The largest absolute Gasteiger partial charge is 0.312 e. The third-order valence-corrected chi connectivity index (χ3v) is 7.01. The van der Waals surface area contributed by atoms with Gasteiger partial charge in [-0.15, -0.1) is 0 Å². The average molecular weight is 363 g/mol. The molecule has 3 heterocycles. The second kappa shape index (κ2) is 8.23. The number of rotatable bonds is 6. The van der Waals surface area contributed by atoms with Crippen LogP contribution in [0.15, 0.2) is 10.9 Å². The number of hydrogen-bond donors (Lipinski definition) is 1. The minimum Gasteiger partial charge on any atom is -0.312 e. The summed E-state index contributed by atoms with van der Waals surface area (Å²) in [5, 5.41) is 8.41. The van der Waals surface area contributed by atoms with Gasteiger partial charge in [-0.3, -0.25) is 9.69 Å². The lowest BCUT2D eigenvalue weighted by molar-refractivity contribution is 0.131. The maximum atomic E-state index is 12.4. The van der Waals surface area contributed by atoms with Crippen molar-refractivity contribution >= 4 is 11.8 Å². The van der Waals surface area contributed by atoms with Crippen LogP contribution < -0.4 is 10.9 Å². The molecule has 0 spiro atoms. The fraction of sp³-hybridized carbons (Fsp3) is 0.789. The molecule has 1 saturated carbocycles. The number of nitrogens with one attached hydrogen (secondary N) is 1. The van der Waals surface area contributed by atoms with E-state index < -0.39 is 0 Å². The fourth-order valence-corrected chi connectivity index (χ4v) is 5.09. The van der Waals surface area contributed by atoms with Crippen LogP contribution in [0.2, 0.25) is 0 Å². The van der Waals surface area contributed by atoms with Gasteiger partial charge in [0.1, 0.15) is 0 Å². The zero-order valence-electron chi connectivity index (χ0n) is 15.1. The number of piperidine rings is 1. The van der Waals surface area contributed by atoms with Crippen molar-refractivity contribution in [2.45, 2.75) is 69.3 Å². The molecular weight excluding hydrogens is 332 g/mol. The molecular formula is C19H30N4OS. The molecule has 1 aliphatic carbocycles. The first-order chi connectivity index (χ1) is 12.3. The van der Waals surface area contributed by atoms with Gasteiger partial charge in [-0.05, 0) is 43.5 Å². The lowest BCUT2D eigenvalue weighted by Gasteiger charge is -2.38. The first-order valence-corrected chi connectivity index (χ1v) is 11.1. The molecule has 0 amide bonds. The van der Waals surface area contributed by atoms with E-state index >= 15 is 0 Å². The van der Waals surface area contributed by atoms with Crippen LogP contribution in [-0.2, 0) is 18.7 Å². The Morgan fingerprint density at radius 2 is 2.12 bits per heavy atom. The molecule has 1 atom stereocenters. The Morgan fingerprint density at radius 3 is 2.96 bits per heavy atom. The van der Waals surface area contributed by atoms with Crippen LogP contribution >= 0.6 is 11.8 Å². The number of fused-ring (bicyclic) bond motifs is 1. The zero-order chi connectivity index (χ0) is 17.1. The topological polar surface area (TPSA) is 50.2 Å². The zero-order valence-corrected chi connectivity index (χ0v) is 15.9. The molecule has 1 aromatic heterocycles. The highest BCUT2D eigenvalue weighted by atomic mass is 32.2. The summed E-state index contributed by atoms with van der Waals surface area (Å²) in [4.78, 5) is 14.9. The smallest absolute Gasteiger partial charge is 0.267 e. The van der Waals surface area contributed by atoms with E-state index in [1.54, 1.807) is 4.68 Å². The van der Waals surface area contributed by atoms with Crippen molar-refractivity contribution in [1.82, 2.24) is 20.0 Å². The van der Waals surface area contributed by atoms with E-state index in [4.69, 9.17) is 0 Å². The van der Waals surface area contributed by atoms with Crippen LogP contribution in [0.1, 0.15) is 49.8 Å². The van der Waals surface area contributed by atoms with Gasteiger partial charge in [0.15, 0.2) is 0 Å². The Labute approximate surface area is 154 Å². The third-order valence-electron chi connectivity index (χ3n) is 6.00. The number of aromatic nitrogens is 2. The SMILES string of the molecule is O=c1cc2c(nn1CCN1CCCCC1CNC1CCC1)CCSC2. The van der Waals surface area contributed by atoms with Crippen LogP contribution in [0.5, 0.6) is 0 Å². The predicted molar refractivity (Wildman–Crippen MR) is 103 cm³/mol. The summed E-state index contributed by atoms with van der Waals surface area (Å²) in [5.74, 6) is 2.07. The van der Waals surface area contributed by atoms with Crippen molar-refractivity contribution in [1.29, 1.82) is 0 Å². The second-order valence-corrected chi connectivity index (χ2v) is 8.81. The predicted octanol–water partition coefficient (Wildman–Crippen LogP) is 2.03. The molecule has 0 aromatic carbocycles. The van der Waals surface area contributed by atoms with Crippen LogP contribution in [-0.4, -0.2) is 52.2 Å². The van der Waals surface area contributed by atoms with Crippen molar-refractivity contribution in [3.63, 3.8) is 0 Å². The minimum absolute atomic E-state index is 0.0717. The number of nitrogens with zero attached hydrogens (tertiary/aromatic N) is 3. The number of aryl methyl sites for hydroxylation is 1. The molecule has 2 fully saturated rings. The summed E-state index contributed by atoms with van der Waals surface area (Å²) in [6, 6.07) is 3.20. The number of hydrogen-bond acceptors (Lipinski definition) is 5. The molecule has 1 N–H and O–H groups in total. The Balaban J connectivity index is 1.36. The number of thioether (sulfide) groups is 1. The van der Waals surface area contributed by atoms with Crippen LogP contribution in [0.25, 0.3) is 0 Å². The van der Waals surface area contributed by atoms with Gasteiger partial charge in [0.25, 0.3) is 5.56 Å². The standard InChI is InChI=1S/C19H30N4OS/c24-19-12-15-14-25-11-7-18(15)21-23(19)10-9-22-8-2-1-6-17(22)13-20-16-4-3-5-16/h12,16-17,20H,1-11,13-14H2. The highest BCUT2D eigenvalue weighted by Gasteiger charge is 2.25. The quantitative estimate of drug-likeness (QED) is 0.839. The maximum absolute atomic E-state index is 12.4. The minimum atomic E-state index is 0.0717. The first-order valence-electron chi connectivity index (χ1n) is 9.95. The van der Waals surface area contributed by atoms with E-state index in [9.17, 15) is 4.79 Å². The molecule has 5 nitrogen and oxygen atoms in total. The van der Waals surface area contributed by atoms with Crippen LogP contribution in [0, 0.1) is 0 Å². The van der Waals surface area contributed by atoms with Gasteiger partial charge in [0, 0.05) is 43.4 Å². The summed E-state index contributed by atoms with van der Waals surface area (Å²) < 4.78 is 1.71. The van der Waals surface area contributed by atoms with Crippen molar-refractivity contribution in [3.05, 3.63) is 27.7 Å². The average Bonchev–Trinajstić information content (AvgIpc) is 2.59. The van der Waals surface area contributed by atoms with E-state index in [1.165, 1.54) is 38.5 Å². The molecule has 2 aliphatic heterocycles. The molecule has 4 rings (SSSR count). The third kappa shape index (κ3) is 4.29. The molecule has 138 valence electrons. The van der Waals surface area contributed by atoms with Gasteiger partial charge in [-0.2, -0.15) is 16.9 Å². The van der Waals surface area contributed by atoms with Gasteiger partial charge in [0.05, 0.1) is 12.2 Å². The van der Waals surface area contributed by atoms with E-state index in [2.05, 4.69) is 15.3 Å². The summed E-state index contributed by atoms with van der Waals surface area (Å²) in [6.07, 6.45) is 8.98. The molecule has 1 aromatic rings. The molecule has 1 saturated heterocycles. The lowest BCUT2D eigenvalue weighted by Crippen LogP contribution is -2.50. The van der Waals surface area contributed by atoms with Crippen molar-refractivity contribution in [3.8, 4) is 0 Å². The highest BCUT2D eigenvalue weighted by molar-refractivity contribution is 7.98. The van der Waals surface area contributed by atoms with Crippen molar-refractivity contribution < 1.29 is 0 Å². The molecule has 1 unspecified atom stereocenters. The van der Waals surface area contributed by atoms with E-state index in [1.807, 2.05) is 17.8 Å². The number of likely N-dealkylation sites (tertiary alicyclic amines) is 1. The van der Waals surface area contributed by atoms with Gasteiger partial charge in [-0.1, -0.05) is 12.8 Å². The molecule has 0 radical (unpaired) electrons. The second-order valence-electron chi connectivity index (χ2n) is 7.70. The van der Waals surface area contributed by atoms with Crippen LogP contribution in [0.4, 0.5) is 0 Å². The fourth-order valence-electron chi connectivity index (χ4n) is 4.14. The van der Waals surface area contributed by atoms with Gasteiger partial charge < -0.3 is 5.32 Å². The van der Waals surface area contributed by atoms with Gasteiger partial charge >= 0.3 is 0 Å². The van der Waals surface area contributed by atoms with Crippen molar-refractivity contribution in [2.75, 3.05) is 25.4 Å². The summed E-state index contributed by atoms with van der Waals surface area (Å²) in [7, 11) is 0. The van der Waals surface area contributed by atoms with E-state index in [0.29, 0.717) is 6.04 Å². The van der Waals surface area contributed by atoms with Crippen molar-refractivity contribution in [2.24, 2.45) is 0 Å². The summed E-state index contributed by atoms with van der Waals surface area (Å²) in [5.41, 5.74) is 2.36. The molecule has 0 bridgehead atoms. The first kappa shape index (κ1) is 17.6. The molecule has 3 aliphatic rings. The lowest BCUT2D eigenvalue weighted by atomic mass is 9.92. The monoisotopic (exact) mass is 362 g/mol. The van der Waals surface area contributed by atoms with Crippen LogP contribution in [0.3, 0.4) is 0 Å². The maximum Gasteiger partial charge on any atom is 0.267 e. The van der Waals surface area contributed by atoms with Gasteiger partial charge in [0.2, 0.25) is 0 Å². The highest BCUT2D eigenvalue weighted by Crippen LogP contribution is 2.22. The normalized spacial score (nSPS) is 24.7. The van der Waals surface area contributed by atoms with E-state index in [-0.39, 0.29) is 5.56 Å². The Bertz CT molecular complexity index is 643. The molecule has 25 heavy (non-hydrogen) atoms. The van der Waals surface area contributed by atoms with Gasteiger partial charge in [-0.25, -0.2) is 4.68 Å². The molecule has 6 heteroatoms. The Kier molecular flexibility index (Phi) is 5.78. The summed E-state index contributed by atoms with van der Waals surface area (Å²) in [6.45, 7) is 3.93. The summed E-state index contributed by atoms with van der Waals surface area (Å²) >= 11 is 1.90. The van der Waals surface area contributed by atoms with E-state index in [0.717, 1.165) is 61.4 Å². The Hall–Kier alpha value is -0.850. The Morgan fingerprint density at radius 1 is 1.20 bits per heavy atom.